The largest absolute Gasteiger partial charge is 0.381 e. The molecule has 8 heteroatoms. The molecule has 0 unspecified atom stereocenters. The average Bonchev–Trinajstić information content (AvgIpc) is 3.10. The van der Waals surface area contributed by atoms with E-state index >= 15 is 0 Å². The van der Waals surface area contributed by atoms with Gasteiger partial charge < -0.3 is 14.4 Å². The van der Waals surface area contributed by atoms with Gasteiger partial charge in [0.15, 0.2) is 0 Å². The van der Waals surface area contributed by atoms with Crippen LogP contribution in [0.5, 0.6) is 0 Å². The Hall–Kier alpha value is -2.32. The first-order valence-electron chi connectivity index (χ1n) is 9.45. The number of rotatable bonds is 5. The zero-order valence-corrected chi connectivity index (χ0v) is 15.6. The van der Waals surface area contributed by atoms with Crippen molar-refractivity contribution in [1.82, 2.24) is 24.9 Å². The number of hydrogen-bond acceptors (Lipinski definition) is 6. The Morgan fingerprint density at radius 3 is 2.96 bits per heavy atom. The minimum Gasteiger partial charge on any atom is -0.381 e. The molecule has 0 aliphatic carbocycles. The van der Waals surface area contributed by atoms with Gasteiger partial charge in [-0.05, 0) is 25.0 Å². The third kappa shape index (κ3) is 4.01. The van der Waals surface area contributed by atoms with Crippen molar-refractivity contribution in [2.24, 2.45) is 13.0 Å². The maximum absolute atomic E-state index is 13.0. The summed E-state index contributed by atoms with van der Waals surface area (Å²) in [5.41, 5.74) is 2.83. The van der Waals surface area contributed by atoms with Crippen LogP contribution in [-0.4, -0.2) is 57.2 Å². The van der Waals surface area contributed by atoms with E-state index in [-0.39, 0.29) is 17.7 Å². The predicted molar refractivity (Wildman–Crippen MR) is 96.6 cm³/mol. The topological polar surface area (TPSA) is 82.4 Å². The van der Waals surface area contributed by atoms with Crippen molar-refractivity contribution in [3.05, 3.63) is 41.5 Å². The Bertz CT molecular complexity index is 773. The fraction of sp³-hybridized carbons (Fsp3) is 0.579. The summed E-state index contributed by atoms with van der Waals surface area (Å²) in [7, 11) is 1.90. The Morgan fingerprint density at radius 1 is 1.33 bits per heavy atom. The number of fused-ring (bicyclic) bond motifs is 1. The van der Waals surface area contributed by atoms with Crippen LogP contribution in [0.25, 0.3) is 0 Å². The minimum absolute atomic E-state index is 0.0482. The number of carbonyl (C=O) groups is 1. The van der Waals surface area contributed by atoms with Crippen LogP contribution in [-0.2, 0) is 34.5 Å². The van der Waals surface area contributed by atoms with Gasteiger partial charge in [-0.15, -0.1) is 5.10 Å². The number of aromatic nitrogens is 4. The summed E-state index contributed by atoms with van der Waals surface area (Å²) in [6.07, 6.45) is 3.35. The van der Waals surface area contributed by atoms with Gasteiger partial charge >= 0.3 is 0 Å². The van der Waals surface area contributed by atoms with Crippen LogP contribution in [0, 0.1) is 5.92 Å². The average molecular weight is 371 g/mol. The summed E-state index contributed by atoms with van der Waals surface area (Å²) in [6, 6.07) is 5.78. The molecule has 27 heavy (non-hydrogen) atoms. The molecule has 2 aromatic rings. The molecule has 1 saturated heterocycles. The molecule has 144 valence electrons. The Labute approximate surface area is 158 Å². The van der Waals surface area contributed by atoms with Gasteiger partial charge in [0.2, 0.25) is 5.91 Å². The van der Waals surface area contributed by atoms with E-state index in [2.05, 4.69) is 15.3 Å². The third-order valence-electron chi connectivity index (χ3n) is 5.29. The molecule has 0 aromatic carbocycles. The van der Waals surface area contributed by atoms with Crippen molar-refractivity contribution in [1.29, 1.82) is 0 Å². The van der Waals surface area contributed by atoms with E-state index in [4.69, 9.17) is 9.47 Å². The lowest BCUT2D eigenvalue weighted by Crippen LogP contribution is -2.44. The SMILES string of the molecule is Cn1nnc2c1[C@@H](COCc1ccccn1)CN(C(=O)C1CCOCC1)C2. The van der Waals surface area contributed by atoms with Gasteiger partial charge in [0.1, 0.15) is 5.69 Å². The minimum atomic E-state index is 0.0482. The highest BCUT2D eigenvalue weighted by molar-refractivity contribution is 5.79. The van der Waals surface area contributed by atoms with E-state index in [1.165, 1.54) is 0 Å². The van der Waals surface area contributed by atoms with Crippen LogP contribution < -0.4 is 0 Å². The van der Waals surface area contributed by atoms with E-state index in [0.29, 0.717) is 39.5 Å². The Kier molecular flexibility index (Phi) is 5.45. The summed E-state index contributed by atoms with van der Waals surface area (Å²) in [6.45, 7) is 3.44. The molecule has 4 heterocycles. The molecule has 2 aliphatic rings. The number of amides is 1. The van der Waals surface area contributed by atoms with E-state index < -0.39 is 0 Å². The fourth-order valence-electron chi connectivity index (χ4n) is 3.91. The molecule has 8 nitrogen and oxygen atoms in total. The van der Waals surface area contributed by atoms with Gasteiger partial charge in [-0.1, -0.05) is 11.3 Å². The molecular formula is C19H25N5O3. The number of aryl methyl sites for hydroxylation is 1. The van der Waals surface area contributed by atoms with Crippen LogP contribution in [0.2, 0.25) is 0 Å². The molecule has 2 aromatic heterocycles. The molecule has 0 bridgehead atoms. The second-order valence-corrected chi connectivity index (χ2v) is 7.18. The first-order chi connectivity index (χ1) is 13.2. The lowest BCUT2D eigenvalue weighted by molar-refractivity contribution is -0.140. The molecule has 0 N–H and O–H groups in total. The molecule has 0 radical (unpaired) electrons. The third-order valence-corrected chi connectivity index (χ3v) is 5.29. The molecule has 2 aliphatic heterocycles. The number of carbonyl (C=O) groups excluding carboxylic acids is 1. The van der Waals surface area contributed by atoms with Crippen molar-refractivity contribution in [3.8, 4) is 0 Å². The highest BCUT2D eigenvalue weighted by atomic mass is 16.5. The number of ether oxygens (including phenoxy) is 2. The normalized spacial score (nSPS) is 20.5. The molecule has 1 atom stereocenters. The zero-order chi connectivity index (χ0) is 18.6. The smallest absolute Gasteiger partial charge is 0.226 e. The molecule has 0 spiro atoms. The molecule has 4 rings (SSSR count). The van der Waals surface area contributed by atoms with Crippen molar-refractivity contribution in [2.45, 2.75) is 31.9 Å². The van der Waals surface area contributed by atoms with E-state index in [1.807, 2.05) is 30.1 Å². The maximum Gasteiger partial charge on any atom is 0.226 e. The van der Waals surface area contributed by atoms with Crippen LogP contribution in [0.1, 0.15) is 35.8 Å². The van der Waals surface area contributed by atoms with Gasteiger partial charge in [-0.25, -0.2) is 0 Å². The van der Waals surface area contributed by atoms with Gasteiger partial charge in [-0.2, -0.15) is 0 Å². The van der Waals surface area contributed by atoms with Gasteiger partial charge in [0, 0.05) is 44.8 Å². The number of nitrogens with zero attached hydrogens (tertiary/aromatic N) is 5. The van der Waals surface area contributed by atoms with Crippen LogP contribution in [0.4, 0.5) is 0 Å². The van der Waals surface area contributed by atoms with Gasteiger partial charge in [0.25, 0.3) is 0 Å². The van der Waals surface area contributed by atoms with E-state index in [9.17, 15) is 4.79 Å². The maximum atomic E-state index is 13.0. The van der Waals surface area contributed by atoms with Gasteiger partial charge in [-0.3, -0.25) is 14.5 Å². The summed E-state index contributed by atoms with van der Waals surface area (Å²) < 4.78 is 13.1. The standard InChI is InChI=1S/C19H25N5O3/c1-23-18-15(12-27-13-16-4-2-3-7-20-16)10-24(11-17(18)21-22-23)19(25)14-5-8-26-9-6-14/h2-4,7,14-15H,5-6,8-13H2,1H3/t15-/m1/s1. The van der Waals surface area contributed by atoms with Crippen LogP contribution in [0.3, 0.4) is 0 Å². The Morgan fingerprint density at radius 2 is 2.19 bits per heavy atom. The molecule has 1 amide bonds. The lowest BCUT2D eigenvalue weighted by Gasteiger charge is -2.35. The van der Waals surface area contributed by atoms with Crippen LogP contribution in [0.15, 0.2) is 24.4 Å². The zero-order valence-electron chi connectivity index (χ0n) is 15.6. The van der Waals surface area contributed by atoms with Crippen molar-refractivity contribution in [3.63, 3.8) is 0 Å². The monoisotopic (exact) mass is 371 g/mol. The molecule has 0 saturated carbocycles. The van der Waals surface area contributed by atoms with Crippen molar-refractivity contribution in [2.75, 3.05) is 26.4 Å². The van der Waals surface area contributed by atoms with Crippen molar-refractivity contribution >= 4 is 5.91 Å². The second-order valence-electron chi connectivity index (χ2n) is 7.18. The molecule has 1 fully saturated rings. The van der Waals surface area contributed by atoms with Crippen molar-refractivity contribution < 1.29 is 14.3 Å². The Balaban J connectivity index is 1.44. The van der Waals surface area contributed by atoms with Gasteiger partial charge in [0.05, 0.1) is 31.1 Å². The highest BCUT2D eigenvalue weighted by Gasteiger charge is 2.35. The fourth-order valence-corrected chi connectivity index (χ4v) is 3.91. The second kappa shape index (κ2) is 8.14. The quantitative estimate of drug-likeness (QED) is 0.787. The van der Waals surface area contributed by atoms with Crippen LogP contribution >= 0.6 is 0 Å². The highest BCUT2D eigenvalue weighted by Crippen LogP contribution is 2.29. The van der Waals surface area contributed by atoms with E-state index in [1.54, 1.807) is 10.9 Å². The predicted octanol–water partition coefficient (Wildman–Crippen LogP) is 1.28. The number of hydrogen-bond donors (Lipinski definition) is 0. The number of pyridine rings is 1. The summed E-state index contributed by atoms with van der Waals surface area (Å²) in [5.74, 6) is 0.303. The first-order valence-corrected chi connectivity index (χ1v) is 9.45. The first kappa shape index (κ1) is 18.1. The lowest BCUT2D eigenvalue weighted by atomic mass is 9.94. The molecular weight excluding hydrogens is 346 g/mol. The summed E-state index contributed by atoms with van der Waals surface area (Å²) in [4.78, 5) is 19.2. The summed E-state index contributed by atoms with van der Waals surface area (Å²) in [5, 5.41) is 8.44. The summed E-state index contributed by atoms with van der Waals surface area (Å²) >= 11 is 0. The van der Waals surface area contributed by atoms with E-state index in [0.717, 1.165) is 29.9 Å².